The summed E-state index contributed by atoms with van der Waals surface area (Å²) in [5, 5.41) is 12.4. The van der Waals surface area contributed by atoms with Crippen LogP contribution in [0.2, 0.25) is 0 Å². The zero-order chi connectivity index (χ0) is 14.3. The summed E-state index contributed by atoms with van der Waals surface area (Å²) in [6, 6.07) is 1.44. The number of hydrogen-bond acceptors (Lipinski definition) is 5. The molecule has 2 N–H and O–H groups in total. The van der Waals surface area contributed by atoms with E-state index < -0.39 is 17.6 Å². The highest BCUT2D eigenvalue weighted by Crippen LogP contribution is 2.31. The van der Waals surface area contributed by atoms with E-state index in [2.05, 4.69) is 15.3 Å². The Balaban J connectivity index is 2.35. The number of anilines is 2. The number of alkyl halides is 3. The Morgan fingerprint density at radius 3 is 2.58 bits per heavy atom. The molecule has 2 rings (SSSR count). The van der Waals surface area contributed by atoms with Crippen LogP contribution < -0.4 is 10.2 Å². The molecule has 1 aliphatic heterocycles. The van der Waals surface area contributed by atoms with Gasteiger partial charge in [0.2, 0.25) is 5.82 Å². The molecule has 0 bridgehead atoms. The largest absolute Gasteiger partial charge is 0.451 e. The molecule has 1 fully saturated rings. The average molecular weight is 276 g/mol. The minimum Gasteiger partial charge on any atom is -0.388 e. The number of hydrogen-bond donors (Lipinski definition) is 2. The van der Waals surface area contributed by atoms with Gasteiger partial charge in [-0.25, -0.2) is 9.97 Å². The summed E-state index contributed by atoms with van der Waals surface area (Å²) >= 11 is 0. The van der Waals surface area contributed by atoms with Crippen molar-refractivity contribution in [2.45, 2.75) is 25.1 Å². The number of halogens is 3. The molecular weight excluding hydrogens is 261 g/mol. The van der Waals surface area contributed by atoms with E-state index in [1.807, 2.05) is 0 Å². The minimum absolute atomic E-state index is 0.101. The summed E-state index contributed by atoms with van der Waals surface area (Å²) < 4.78 is 38.1. The van der Waals surface area contributed by atoms with Crippen LogP contribution in [0.4, 0.5) is 24.8 Å². The van der Waals surface area contributed by atoms with Crippen LogP contribution in [0.1, 0.15) is 19.2 Å². The van der Waals surface area contributed by atoms with E-state index in [0.717, 1.165) is 0 Å². The maximum absolute atomic E-state index is 12.7. The Morgan fingerprint density at radius 1 is 1.42 bits per heavy atom. The smallest absolute Gasteiger partial charge is 0.388 e. The molecule has 0 spiro atoms. The van der Waals surface area contributed by atoms with Gasteiger partial charge in [0.15, 0.2) is 0 Å². The van der Waals surface area contributed by atoms with E-state index in [0.29, 0.717) is 13.0 Å². The Kier molecular flexibility index (Phi) is 3.29. The van der Waals surface area contributed by atoms with E-state index >= 15 is 0 Å². The van der Waals surface area contributed by atoms with Crippen LogP contribution in [-0.4, -0.2) is 40.8 Å². The van der Waals surface area contributed by atoms with Crippen LogP contribution >= 0.6 is 0 Å². The first kappa shape index (κ1) is 13.9. The molecule has 5 nitrogen and oxygen atoms in total. The summed E-state index contributed by atoms with van der Waals surface area (Å²) in [5.74, 6) is -0.908. The Bertz CT molecular complexity index is 475. The normalized spacial score (nSPS) is 23.8. The summed E-state index contributed by atoms with van der Waals surface area (Å²) in [7, 11) is 1.49. The molecule has 0 aromatic carbocycles. The van der Waals surface area contributed by atoms with Gasteiger partial charge in [0.1, 0.15) is 11.6 Å². The van der Waals surface area contributed by atoms with Gasteiger partial charge in [0, 0.05) is 26.2 Å². The van der Waals surface area contributed by atoms with Crippen molar-refractivity contribution in [3.63, 3.8) is 0 Å². The summed E-state index contributed by atoms with van der Waals surface area (Å²) in [6.07, 6.45) is -4.10. The zero-order valence-corrected chi connectivity index (χ0v) is 10.6. The van der Waals surface area contributed by atoms with Gasteiger partial charge < -0.3 is 15.3 Å². The third kappa shape index (κ3) is 3.06. The molecular formula is C11H15F3N4O. The molecule has 1 aliphatic rings. The molecule has 0 aliphatic carbocycles. The highest BCUT2D eigenvalue weighted by Gasteiger charge is 2.37. The zero-order valence-electron chi connectivity index (χ0n) is 10.6. The lowest BCUT2D eigenvalue weighted by molar-refractivity contribution is -0.144. The fourth-order valence-corrected chi connectivity index (χ4v) is 1.99. The molecule has 19 heavy (non-hydrogen) atoms. The second-order valence-corrected chi connectivity index (χ2v) is 4.85. The number of nitrogens with zero attached hydrogens (tertiary/aromatic N) is 3. The molecule has 0 amide bonds. The molecule has 1 atom stereocenters. The molecule has 1 aromatic rings. The van der Waals surface area contributed by atoms with E-state index in [1.165, 1.54) is 13.1 Å². The SMILES string of the molecule is CNc1cc(N2CCC(C)(O)C2)nc(C(F)(F)F)n1. The van der Waals surface area contributed by atoms with Gasteiger partial charge in [0.05, 0.1) is 5.60 Å². The molecule has 106 valence electrons. The van der Waals surface area contributed by atoms with Gasteiger partial charge in [-0.1, -0.05) is 0 Å². The van der Waals surface area contributed by atoms with Crippen molar-refractivity contribution in [3.05, 3.63) is 11.9 Å². The van der Waals surface area contributed by atoms with E-state index in [1.54, 1.807) is 11.8 Å². The summed E-state index contributed by atoms with van der Waals surface area (Å²) in [5.41, 5.74) is -0.900. The van der Waals surface area contributed by atoms with Gasteiger partial charge in [-0.15, -0.1) is 0 Å². The predicted molar refractivity (Wildman–Crippen MR) is 64.0 cm³/mol. The highest BCUT2D eigenvalue weighted by atomic mass is 19.4. The van der Waals surface area contributed by atoms with Gasteiger partial charge in [-0.2, -0.15) is 13.2 Å². The molecule has 8 heteroatoms. The summed E-state index contributed by atoms with van der Waals surface area (Å²) in [4.78, 5) is 8.56. The Hall–Kier alpha value is -1.57. The van der Waals surface area contributed by atoms with Crippen molar-refractivity contribution in [2.75, 3.05) is 30.4 Å². The lowest BCUT2D eigenvalue weighted by atomic mass is 10.1. The monoisotopic (exact) mass is 276 g/mol. The van der Waals surface area contributed by atoms with Crippen LogP contribution in [0, 0.1) is 0 Å². The van der Waals surface area contributed by atoms with E-state index in [-0.39, 0.29) is 18.2 Å². The maximum Gasteiger partial charge on any atom is 0.451 e. The van der Waals surface area contributed by atoms with E-state index in [9.17, 15) is 18.3 Å². The first-order valence-electron chi connectivity index (χ1n) is 5.83. The minimum atomic E-state index is -4.59. The van der Waals surface area contributed by atoms with Crippen molar-refractivity contribution >= 4 is 11.6 Å². The van der Waals surface area contributed by atoms with Crippen LogP contribution in [0.5, 0.6) is 0 Å². The molecule has 1 unspecified atom stereocenters. The maximum atomic E-state index is 12.7. The Labute approximate surface area is 108 Å². The number of β-amino-alcohol motifs (C(OH)–C–C–N with tert-alkyl or cyclic N) is 1. The fraction of sp³-hybridized carbons (Fsp3) is 0.636. The number of aliphatic hydroxyl groups is 1. The highest BCUT2D eigenvalue weighted by molar-refractivity contribution is 5.50. The van der Waals surface area contributed by atoms with Crippen molar-refractivity contribution in [1.82, 2.24) is 9.97 Å². The van der Waals surface area contributed by atoms with Crippen LogP contribution in [0.25, 0.3) is 0 Å². The van der Waals surface area contributed by atoms with Crippen LogP contribution in [0.3, 0.4) is 0 Å². The topological polar surface area (TPSA) is 61.3 Å². The van der Waals surface area contributed by atoms with Gasteiger partial charge in [-0.05, 0) is 13.3 Å². The lowest BCUT2D eigenvalue weighted by Gasteiger charge is -2.21. The average Bonchev–Trinajstić information content (AvgIpc) is 2.68. The summed E-state index contributed by atoms with van der Waals surface area (Å²) in [6.45, 7) is 2.37. The van der Waals surface area contributed by atoms with Crippen molar-refractivity contribution in [2.24, 2.45) is 0 Å². The number of rotatable bonds is 2. The first-order chi connectivity index (χ1) is 8.71. The van der Waals surface area contributed by atoms with Gasteiger partial charge >= 0.3 is 6.18 Å². The fourth-order valence-electron chi connectivity index (χ4n) is 1.99. The van der Waals surface area contributed by atoms with Crippen molar-refractivity contribution in [1.29, 1.82) is 0 Å². The molecule has 1 aromatic heterocycles. The van der Waals surface area contributed by atoms with Crippen LogP contribution in [-0.2, 0) is 6.18 Å². The van der Waals surface area contributed by atoms with E-state index in [4.69, 9.17) is 0 Å². The van der Waals surface area contributed by atoms with Crippen LogP contribution in [0.15, 0.2) is 6.07 Å². The molecule has 2 heterocycles. The molecule has 0 saturated carbocycles. The third-order valence-electron chi connectivity index (χ3n) is 3.00. The van der Waals surface area contributed by atoms with Gasteiger partial charge in [0.25, 0.3) is 0 Å². The second kappa shape index (κ2) is 4.52. The number of nitrogens with one attached hydrogen (secondary N) is 1. The van der Waals surface area contributed by atoms with Crippen molar-refractivity contribution < 1.29 is 18.3 Å². The first-order valence-corrected chi connectivity index (χ1v) is 5.83. The predicted octanol–water partition coefficient (Wildman–Crippen LogP) is 1.50. The van der Waals surface area contributed by atoms with Gasteiger partial charge in [-0.3, -0.25) is 0 Å². The molecule has 1 saturated heterocycles. The third-order valence-corrected chi connectivity index (χ3v) is 3.00. The number of aromatic nitrogens is 2. The standard InChI is InChI=1S/C11H15F3N4O/c1-10(19)3-4-18(6-10)8-5-7(15-2)16-9(17-8)11(12,13)14/h5,19H,3-4,6H2,1-2H3,(H,15,16,17). The molecule has 0 radical (unpaired) electrons. The van der Waals surface area contributed by atoms with Crippen molar-refractivity contribution in [3.8, 4) is 0 Å². The second-order valence-electron chi connectivity index (χ2n) is 4.85. The lowest BCUT2D eigenvalue weighted by Crippen LogP contribution is -2.30. The quantitative estimate of drug-likeness (QED) is 0.857. The Morgan fingerprint density at radius 2 is 2.11 bits per heavy atom.